The quantitative estimate of drug-likeness (QED) is 0.266. The first-order chi connectivity index (χ1) is 21.4. The Labute approximate surface area is 259 Å². The van der Waals surface area contributed by atoms with E-state index in [2.05, 4.69) is 17.1 Å². The number of nitrogens with zero attached hydrogens (tertiary/aromatic N) is 3. The molecule has 0 unspecified atom stereocenters. The van der Waals surface area contributed by atoms with E-state index in [4.69, 9.17) is 18.9 Å². The van der Waals surface area contributed by atoms with Gasteiger partial charge in [-0.1, -0.05) is 42.5 Å². The number of amides is 2. The van der Waals surface area contributed by atoms with Crippen molar-refractivity contribution in [2.45, 2.75) is 39.7 Å². The van der Waals surface area contributed by atoms with E-state index < -0.39 is 0 Å². The third-order valence-electron chi connectivity index (χ3n) is 8.58. The number of fused-ring (bicyclic) bond motifs is 1. The van der Waals surface area contributed by atoms with Gasteiger partial charge in [-0.2, -0.15) is 0 Å². The number of hydrogen-bond donors (Lipinski definition) is 0. The van der Waals surface area contributed by atoms with Crippen molar-refractivity contribution in [3.05, 3.63) is 94.8 Å². The molecule has 0 saturated carbocycles. The molecule has 1 fully saturated rings. The average molecular weight is 600 g/mol. The van der Waals surface area contributed by atoms with Crippen molar-refractivity contribution in [3.8, 4) is 11.5 Å². The van der Waals surface area contributed by atoms with E-state index in [1.54, 1.807) is 36.3 Å². The molecule has 3 aromatic rings. The van der Waals surface area contributed by atoms with Gasteiger partial charge in [-0.15, -0.1) is 0 Å². The van der Waals surface area contributed by atoms with Crippen molar-refractivity contribution in [1.29, 1.82) is 0 Å². The van der Waals surface area contributed by atoms with Gasteiger partial charge in [-0.25, -0.2) is 4.79 Å². The molecule has 0 radical (unpaired) electrons. The minimum Gasteiger partial charge on any atom is -0.497 e. The molecule has 2 amide bonds. The van der Waals surface area contributed by atoms with Gasteiger partial charge in [-0.05, 0) is 72.9 Å². The fourth-order valence-corrected chi connectivity index (χ4v) is 6.06. The number of benzene rings is 2. The van der Waals surface area contributed by atoms with E-state index in [0.29, 0.717) is 37.6 Å². The first kappa shape index (κ1) is 31.1. The number of likely N-dealkylation sites (tertiary alicyclic amines) is 1. The zero-order valence-corrected chi connectivity index (χ0v) is 26.0. The van der Waals surface area contributed by atoms with Crippen LogP contribution in [0.15, 0.2) is 66.9 Å². The van der Waals surface area contributed by atoms with Crippen LogP contribution in [-0.2, 0) is 22.5 Å². The number of hydrogen-bond acceptors (Lipinski definition) is 7. The first-order valence-electron chi connectivity index (χ1n) is 15.2. The van der Waals surface area contributed by atoms with Gasteiger partial charge in [0.15, 0.2) is 6.79 Å². The highest BCUT2D eigenvalue weighted by Crippen LogP contribution is 2.48. The number of aromatic nitrogens is 1. The highest BCUT2D eigenvalue weighted by atomic mass is 16.7. The van der Waals surface area contributed by atoms with Gasteiger partial charge in [0.2, 0.25) is 0 Å². The molecule has 5 rings (SSSR count). The zero-order valence-electron chi connectivity index (χ0n) is 26.0. The molecule has 1 aliphatic heterocycles. The Bertz CT molecular complexity index is 1490. The van der Waals surface area contributed by atoms with Crippen LogP contribution in [0.2, 0.25) is 0 Å². The molecule has 0 atom stereocenters. The first-order valence-corrected chi connectivity index (χ1v) is 15.2. The van der Waals surface area contributed by atoms with Crippen molar-refractivity contribution >= 4 is 17.6 Å². The summed E-state index contributed by atoms with van der Waals surface area (Å²) in [5.41, 5.74) is 5.06. The lowest BCUT2D eigenvalue weighted by Gasteiger charge is -2.43. The summed E-state index contributed by atoms with van der Waals surface area (Å²) in [6.45, 7) is 6.53. The molecule has 2 aromatic carbocycles. The van der Waals surface area contributed by atoms with Crippen LogP contribution in [0.25, 0.3) is 5.57 Å². The number of ether oxygens (including phenoxy) is 4. The number of carbonyl (C=O) groups excluding carboxylic acids is 2. The van der Waals surface area contributed by atoms with Crippen LogP contribution in [0, 0.1) is 5.41 Å². The second-order valence-electron chi connectivity index (χ2n) is 11.2. The lowest BCUT2D eigenvalue weighted by Crippen LogP contribution is -2.44. The van der Waals surface area contributed by atoms with Crippen molar-refractivity contribution in [1.82, 2.24) is 14.8 Å². The molecule has 2 aliphatic rings. The Morgan fingerprint density at radius 3 is 2.41 bits per heavy atom. The van der Waals surface area contributed by atoms with E-state index >= 15 is 0 Å². The molecule has 9 heteroatoms. The number of allylic oxidation sites excluding steroid dienone is 1. The Hall–Kier alpha value is -4.37. The summed E-state index contributed by atoms with van der Waals surface area (Å²) in [6, 6.07) is 17.6. The molecular formula is C35H41N3O6. The maximum atomic E-state index is 13.2. The molecule has 0 bridgehead atoms. The fourth-order valence-electron chi connectivity index (χ4n) is 6.06. The minimum absolute atomic E-state index is 0.0271. The van der Waals surface area contributed by atoms with Gasteiger partial charge < -0.3 is 28.7 Å². The third kappa shape index (κ3) is 6.73. The molecular weight excluding hydrogens is 558 g/mol. The zero-order chi connectivity index (χ0) is 31.1. The number of rotatable bonds is 10. The minimum atomic E-state index is -0.290. The summed E-state index contributed by atoms with van der Waals surface area (Å²) in [4.78, 5) is 34.2. The van der Waals surface area contributed by atoms with Crippen LogP contribution in [0.4, 0.5) is 4.79 Å². The molecule has 0 N–H and O–H groups in total. The van der Waals surface area contributed by atoms with Gasteiger partial charge >= 0.3 is 6.09 Å². The van der Waals surface area contributed by atoms with Crippen LogP contribution in [-0.4, -0.2) is 74.0 Å². The predicted octanol–water partition coefficient (Wildman–Crippen LogP) is 5.96. The smallest absolute Gasteiger partial charge is 0.410 e. The average Bonchev–Trinajstić information content (AvgIpc) is 3.07. The van der Waals surface area contributed by atoms with Crippen LogP contribution < -0.4 is 9.47 Å². The van der Waals surface area contributed by atoms with Gasteiger partial charge in [0.05, 0.1) is 7.11 Å². The summed E-state index contributed by atoms with van der Waals surface area (Å²) in [5, 5.41) is 0. The van der Waals surface area contributed by atoms with Crippen molar-refractivity contribution in [2.24, 2.45) is 5.41 Å². The normalized spacial score (nSPS) is 15.3. The largest absolute Gasteiger partial charge is 0.497 e. The predicted molar refractivity (Wildman–Crippen MR) is 168 cm³/mol. The molecule has 1 aliphatic carbocycles. The number of methoxy groups -OCH3 is 2. The topological polar surface area (TPSA) is 90.4 Å². The highest BCUT2D eigenvalue weighted by molar-refractivity contribution is 5.94. The molecule has 44 heavy (non-hydrogen) atoms. The van der Waals surface area contributed by atoms with Gasteiger partial charge in [0, 0.05) is 51.1 Å². The lowest BCUT2D eigenvalue weighted by molar-refractivity contribution is 0.0506. The van der Waals surface area contributed by atoms with E-state index in [9.17, 15) is 9.59 Å². The lowest BCUT2D eigenvalue weighted by atomic mass is 9.67. The van der Waals surface area contributed by atoms with E-state index in [0.717, 1.165) is 47.3 Å². The monoisotopic (exact) mass is 599 g/mol. The maximum Gasteiger partial charge on any atom is 0.410 e. The number of pyridine rings is 1. The second-order valence-corrected chi connectivity index (χ2v) is 11.2. The van der Waals surface area contributed by atoms with Gasteiger partial charge in [0.1, 0.15) is 23.8 Å². The summed E-state index contributed by atoms with van der Waals surface area (Å²) in [6.07, 6.45) is 6.14. The Kier molecular flexibility index (Phi) is 9.85. The summed E-state index contributed by atoms with van der Waals surface area (Å²) in [7, 11) is 3.22. The van der Waals surface area contributed by atoms with Crippen molar-refractivity contribution in [3.63, 3.8) is 0 Å². The number of carbonyl (C=O) groups is 2. The van der Waals surface area contributed by atoms with E-state index in [-0.39, 0.29) is 30.8 Å². The summed E-state index contributed by atoms with van der Waals surface area (Å²) in [5.74, 6) is 1.13. The maximum absolute atomic E-state index is 13.2. The Morgan fingerprint density at radius 1 is 0.977 bits per heavy atom. The van der Waals surface area contributed by atoms with Crippen LogP contribution in [0.1, 0.15) is 59.4 Å². The van der Waals surface area contributed by atoms with Crippen molar-refractivity contribution in [2.75, 3.05) is 47.2 Å². The number of piperidine rings is 1. The Balaban J connectivity index is 1.46. The molecule has 1 spiro atoms. The van der Waals surface area contributed by atoms with Crippen molar-refractivity contribution < 1.29 is 28.5 Å². The third-order valence-corrected chi connectivity index (χ3v) is 8.58. The summed E-state index contributed by atoms with van der Waals surface area (Å²) >= 11 is 0. The van der Waals surface area contributed by atoms with Gasteiger partial charge in [0.25, 0.3) is 5.91 Å². The van der Waals surface area contributed by atoms with E-state index in [1.807, 2.05) is 56.3 Å². The van der Waals surface area contributed by atoms with Gasteiger partial charge in [-0.3, -0.25) is 9.78 Å². The van der Waals surface area contributed by atoms with Crippen LogP contribution in [0.3, 0.4) is 0 Å². The van der Waals surface area contributed by atoms with Crippen LogP contribution >= 0.6 is 0 Å². The SMILES string of the molecule is CCN(CC)C(=O)c1cc(OCOC)c(C2=CC3(CCN(C(=O)OCc4ccccc4)CC3)Cc3ccc(OC)cc32)cn1. The second kappa shape index (κ2) is 13.9. The molecule has 1 aromatic heterocycles. The van der Waals surface area contributed by atoms with E-state index in [1.165, 1.54) is 5.56 Å². The molecule has 9 nitrogen and oxygen atoms in total. The molecule has 232 valence electrons. The standard InChI is InChI=1S/C35H41N3O6/c1-5-37(6-2)33(39)31-19-32(44-24-41-3)30(22-36-31)29-21-35(20-26-12-13-27(42-4)18-28(26)29)14-16-38(17-15-35)34(40)43-23-25-10-8-7-9-11-25/h7-13,18-19,21-22H,5-6,14-17,20,23-24H2,1-4H3. The fraction of sp³-hybridized carbons (Fsp3) is 0.400. The van der Waals surface area contributed by atoms with Crippen LogP contribution in [0.5, 0.6) is 11.5 Å². The molecule has 1 saturated heterocycles. The Morgan fingerprint density at radius 2 is 1.73 bits per heavy atom. The molecule has 2 heterocycles. The summed E-state index contributed by atoms with van der Waals surface area (Å²) < 4.78 is 22.5. The highest BCUT2D eigenvalue weighted by Gasteiger charge is 2.39.